The highest BCUT2D eigenvalue weighted by molar-refractivity contribution is 6.30. The lowest BCUT2D eigenvalue weighted by atomic mass is 10.2. The Labute approximate surface area is 144 Å². The summed E-state index contributed by atoms with van der Waals surface area (Å²) in [4.78, 5) is 23.5. The number of hydrogen-bond acceptors (Lipinski definition) is 4. The first-order valence-corrected chi connectivity index (χ1v) is 7.58. The van der Waals surface area contributed by atoms with Crippen LogP contribution in [0.2, 0.25) is 5.02 Å². The molecule has 0 aliphatic heterocycles. The molecule has 7 heteroatoms. The van der Waals surface area contributed by atoms with Gasteiger partial charge in [-0.25, -0.2) is 9.59 Å². The predicted molar refractivity (Wildman–Crippen MR) is 91.7 cm³/mol. The number of nitrogens with one attached hydrogen (secondary N) is 2. The van der Waals surface area contributed by atoms with Crippen molar-refractivity contribution in [1.82, 2.24) is 5.32 Å². The minimum Gasteiger partial charge on any atom is -0.492 e. The number of carbonyl (C=O) groups is 2. The van der Waals surface area contributed by atoms with Gasteiger partial charge in [0, 0.05) is 5.02 Å². The summed E-state index contributed by atoms with van der Waals surface area (Å²) in [6.45, 7) is 0.575. The van der Waals surface area contributed by atoms with E-state index in [4.69, 9.17) is 16.3 Å². The summed E-state index contributed by atoms with van der Waals surface area (Å²) in [6.07, 6.45) is 0. The second kappa shape index (κ2) is 8.79. The van der Waals surface area contributed by atoms with Gasteiger partial charge in [0.05, 0.1) is 24.9 Å². The van der Waals surface area contributed by atoms with Crippen molar-refractivity contribution in [3.8, 4) is 5.75 Å². The second-order valence-electron chi connectivity index (χ2n) is 4.72. The van der Waals surface area contributed by atoms with Gasteiger partial charge >= 0.3 is 12.0 Å². The number of para-hydroxylation sites is 1. The Hall–Kier alpha value is -2.73. The van der Waals surface area contributed by atoms with E-state index in [2.05, 4.69) is 15.4 Å². The summed E-state index contributed by atoms with van der Waals surface area (Å²) in [5.74, 6) is 0.107. The van der Waals surface area contributed by atoms with Crippen LogP contribution in [0.4, 0.5) is 10.5 Å². The third-order valence-electron chi connectivity index (χ3n) is 3.03. The summed E-state index contributed by atoms with van der Waals surface area (Å²) >= 11 is 5.85. The predicted octanol–water partition coefficient (Wildman–Crippen LogP) is 3.33. The first-order chi connectivity index (χ1) is 11.6. The van der Waals surface area contributed by atoms with Gasteiger partial charge in [-0.1, -0.05) is 29.8 Å². The lowest BCUT2D eigenvalue weighted by Gasteiger charge is -2.11. The van der Waals surface area contributed by atoms with Gasteiger partial charge < -0.3 is 20.1 Å². The number of carbonyl (C=O) groups excluding carboxylic acids is 2. The van der Waals surface area contributed by atoms with Gasteiger partial charge in [0.15, 0.2) is 0 Å². The summed E-state index contributed by atoms with van der Waals surface area (Å²) in [5.41, 5.74) is 0.655. The molecule has 2 N–H and O–H groups in total. The van der Waals surface area contributed by atoms with Gasteiger partial charge in [-0.05, 0) is 30.3 Å². The quantitative estimate of drug-likeness (QED) is 0.620. The fraction of sp³-hybridized carbons (Fsp3) is 0.176. The van der Waals surface area contributed by atoms with Crippen molar-refractivity contribution in [3.05, 3.63) is 59.1 Å². The fourth-order valence-electron chi connectivity index (χ4n) is 1.94. The molecule has 0 fully saturated rings. The number of esters is 1. The van der Waals surface area contributed by atoms with Crippen LogP contribution in [0, 0.1) is 0 Å². The Kier molecular flexibility index (Phi) is 6.45. The molecular formula is C17H17ClN2O4. The molecule has 2 rings (SSSR count). The van der Waals surface area contributed by atoms with Crippen LogP contribution >= 0.6 is 11.6 Å². The molecule has 0 aliphatic carbocycles. The monoisotopic (exact) mass is 348 g/mol. The van der Waals surface area contributed by atoms with E-state index in [1.54, 1.807) is 48.5 Å². The lowest BCUT2D eigenvalue weighted by Crippen LogP contribution is -2.32. The Morgan fingerprint density at radius 1 is 1.12 bits per heavy atom. The number of rotatable bonds is 6. The van der Waals surface area contributed by atoms with E-state index in [0.29, 0.717) is 23.0 Å². The molecule has 2 amide bonds. The highest BCUT2D eigenvalue weighted by atomic mass is 35.5. The number of halogens is 1. The van der Waals surface area contributed by atoms with Crippen LogP contribution in [0.15, 0.2) is 48.5 Å². The number of hydrogen-bond donors (Lipinski definition) is 2. The van der Waals surface area contributed by atoms with Crippen LogP contribution in [0.25, 0.3) is 0 Å². The van der Waals surface area contributed by atoms with Crippen molar-refractivity contribution >= 4 is 29.3 Å². The molecule has 2 aromatic rings. The highest BCUT2D eigenvalue weighted by Crippen LogP contribution is 2.17. The molecule has 0 saturated carbocycles. The molecule has 0 heterocycles. The molecule has 0 saturated heterocycles. The van der Waals surface area contributed by atoms with Gasteiger partial charge in [0.1, 0.15) is 12.4 Å². The molecule has 0 aliphatic rings. The Balaban J connectivity index is 1.81. The van der Waals surface area contributed by atoms with E-state index in [0.717, 1.165) is 0 Å². The van der Waals surface area contributed by atoms with Crippen LogP contribution in [-0.2, 0) is 4.74 Å². The third-order valence-corrected chi connectivity index (χ3v) is 3.27. The maximum atomic E-state index is 11.9. The largest absolute Gasteiger partial charge is 0.492 e. The fourth-order valence-corrected chi connectivity index (χ4v) is 2.12. The van der Waals surface area contributed by atoms with Gasteiger partial charge in [0.2, 0.25) is 0 Å². The highest BCUT2D eigenvalue weighted by Gasteiger charge is 2.12. The molecule has 24 heavy (non-hydrogen) atoms. The van der Waals surface area contributed by atoms with Gasteiger partial charge in [0.25, 0.3) is 0 Å². The summed E-state index contributed by atoms with van der Waals surface area (Å²) in [5, 5.41) is 5.83. The molecule has 0 radical (unpaired) electrons. The first kappa shape index (κ1) is 17.6. The summed E-state index contributed by atoms with van der Waals surface area (Å²) in [6, 6.07) is 13.1. The van der Waals surface area contributed by atoms with Crippen LogP contribution in [0.5, 0.6) is 5.75 Å². The molecule has 0 spiro atoms. The van der Waals surface area contributed by atoms with E-state index in [1.807, 2.05) is 0 Å². The van der Waals surface area contributed by atoms with Crippen molar-refractivity contribution < 1.29 is 19.1 Å². The van der Waals surface area contributed by atoms with Crippen LogP contribution in [-0.4, -0.2) is 32.3 Å². The van der Waals surface area contributed by atoms with Crippen LogP contribution in [0.3, 0.4) is 0 Å². The maximum absolute atomic E-state index is 11.9. The molecule has 0 bridgehead atoms. The SMILES string of the molecule is COC(=O)c1ccccc1NC(=O)NCCOc1cccc(Cl)c1. The van der Waals surface area contributed by atoms with Crippen molar-refractivity contribution in [2.45, 2.75) is 0 Å². The maximum Gasteiger partial charge on any atom is 0.339 e. The van der Waals surface area contributed by atoms with Crippen molar-refractivity contribution in [3.63, 3.8) is 0 Å². The average molecular weight is 349 g/mol. The smallest absolute Gasteiger partial charge is 0.339 e. The van der Waals surface area contributed by atoms with E-state index >= 15 is 0 Å². The lowest BCUT2D eigenvalue weighted by molar-refractivity contribution is 0.0602. The van der Waals surface area contributed by atoms with Gasteiger partial charge in [-0.15, -0.1) is 0 Å². The molecule has 0 atom stereocenters. The summed E-state index contributed by atoms with van der Waals surface area (Å²) in [7, 11) is 1.28. The average Bonchev–Trinajstić information content (AvgIpc) is 2.58. The van der Waals surface area contributed by atoms with Crippen molar-refractivity contribution in [1.29, 1.82) is 0 Å². The van der Waals surface area contributed by atoms with Gasteiger partial charge in [-0.3, -0.25) is 0 Å². The van der Waals surface area contributed by atoms with Crippen LogP contribution < -0.4 is 15.4 Å². The van der Waals surface area contributed by atoms with E-state index in [-0.39, 0.29) is 12.2 Å². The number of methoxy groups -OCH3 is 1. The standard InChI is InChI=1S/C17H17ClN2O4/c1-23-16(21)14-7-2-3-8-15(14)20-17(22)19-9-10-24-13-6-4-5-12(18)11-13/h2-8,11H,9-10H2,1H3,(H2,19,20,22). The Morgan fingerprint density at radius 3 is 2.67 bits per heavy atom. The first-order valence-electron chi connectivity index (χ1n) is 7.20. The molecule has 126 valence electrons. The van der Waals surface area contributed by atoms with E-state index < -0.39 is 12.0 Å². The van der Waals surface area contributed by atoms with Crippen LogP contribution in [0.1, 0.15) is 10.4 Å². The third kappa shape index (κ3) is 5.17. The van der Waals surface area contributed by atoms with Crippen molar-refractivity contribution in [2.75, 3.05) is 25.6 Å². The number of ether oxygens (including phenoxy) is 2. The minimum atomic E-state index is -0.518. The van der Waals surface area contributed by atoms with E-state index in [1.165, 1.54) is 7.11 Å². The molecular weight excluding hydrogens is 332 g/mol. The number of benzene rings is 2. The zero-order valence-corrected chi connectivity index (χ0v) is 13.8. The summed E-state index contributed by atoms with van der Waals surface area (Å²) < 4.78 is 10.1. The Morgan fingerprint density at radius 2 is 1.92 bits per heavy atom. The number of amides is 2. The zero-order valence-electron chi connectivity index (χ0n) is 13.0. The topological polar surface area (TPSA) is 76.7 Å². The Bertz CT molecular complexity index is 721. The zero-order chi connectivity index (χ0) is 17.4. The number of urea groups is 1. The molecule has 0 aromatic heterocycles. The normalized spacial score (nSPS) is 9.92. The number of anilines is 1. The van der Waals surface area contributed by atoms with Gasteiger partial charge in [-0.2, -0.15) is 0 Å². The van der Waals surface area contributed by atoms with E-state index in [9.17, 15) is 9.59 Å². The second-order valence-corrected chi connectivity index (χ2v) is 5.16. The molecule has 0 unspecified atom stereocenters. The molecule has 2 aromatic carbocycles. The van der Waals surface area contributed by atoms with Crippen molar-refractivity contribution in [2.24, 2.45) is 0 Å². The molecule has 6 nitrogen and oxygen atoms in total. The minimum absolute atomic E-state index is 0.283.